The molecule has 0 bridgehead atoms. The Balaban J connectivity index is -0.0000000450. The first-order valence-electron chi connectivity index (χ1n) is 0.651. The zero-order valence-corrected chi connectivity index (χ0v) is 3.18. The van der Waals surface area contributed by atoms with Crippen LogP contribution >= 0.6 is 0 Å². The Morgan fingerprint density at radius 2 is 1.33 bits per heavy atom. The van der Waals surface area contributed by atoms with Gasteiger partial charge in [0.05, 0.1) is 0 Å². The van der Waals surface area contributed by atoms with Crippen molar-refractivity contribution in [2.24, 2.45) is 0 Å². The predicted molar refractivity (Wildman–Crippen MR) is 17.8 cm³/mol. The van der Waals surface area contributed by atoms with Crippen molar-refractivity contribution in [3.63, 3.8) is 0 Å². The number of carbonyl (C=O) groups is 1. The number of rotatable bonds is 0. The van der Waals surface area contributed by atoms with Gasteiger partial charge in [0.25, 0.3) is 0 Å². The summed E-state index contributed by atoms with van der Waals surface area (Å²) < 4.78 is 0. The fourth-order valence-corrected chi connectivity index (χ4v) is 0. The van der Waals surface area contributed by atoms with Crippen LogP contribution in [-0.2, 0) is 16.8 Å². The average molecular weight is 161 g/mol. The number of hydrogen-bond donors (Lipinski definition) is 2. The Morgan fingerprint density at radius 1 is 1.33 bits per heavy atom. The van der Waals surface area contributed by atoms with Gasteiger partial charge >= 0.3 is 57.5 Å². The summed E-state index contributed by atoms with van der Waals surface area (Å²) in [7, 11) is 0. The molecule has 0 aliphatic rings. The molecule has 0 fully saturated rings. The van der Waals surface area contributed by atoms with Crippen LogP contribution in [0.5, 0.6) is 0 Å². The van der Waals surface area contributed by atoms with Crippen LogP contribution in [0.3, 0.4) is 0 Å². The van der Waals surface area contributed by atoms with Crippen molar-refractivity contribution in [3.05, 3.63) is 0 Å². The van der Waals surface area contributed by atoms with Crippen LogP contribution in [0.1, 0.15) is 0 Å². The van der Waals surface area contributed by atoms with Crippen molar-refractivity contribution < 1.29 is 31.8 Å². The van der Waals surface area contributed by atoms with Crippen molar-refractivity contribution in [2.75, 3.05) is 0 Å². The standard InChI is InChI=1S/CH2O3.Co.K.H/c2-1(3)4;;;/h(H2,2,3,4);;;. The first-order chi connectivity index (χ1) is 1.73. The maximum absolute atomic E-state index is 8.56. The molecule has 0 spiro atoms. The van der Waals surface area contributed by atoms with Gasteiger partial charge in [-0.1, -0.05) is 0 Å². The van der Waals surface area contributed by atoms with E-state index in [2.05, 4.69) is 0 Å². The monoisotopic (exact) mass is 161 g/mol. The SMILES string of the molecule is O=C(O)O.[Co].[KH]. The predicted octanol–water partition coefficient (Wildman–Crippen LogP) is -0.429. The molecule has 0 saturated carbocycles. The molecule has 5 heteroatoms. The van der Waals surface area contributed by atoms with Crippen LogP contribution in [0.4, 0.5) is 4.79 Å². The molecule has 6 heavy (non-hydrogen) atoms. The molecule has 0 rings (SSSR count). The van der Waals surface area contributed by atoms with Gasteiger partial charge in [0.1, 0.15) is 0 Å². The zero-order valence-electron chi connectivity index (χ0n) is 2.14. The van der Waals surface area contributed by atoms with Gasteiger partial charge in [0.15, 0.2) is 0 Å². The molecule has 1 radical (unpaired) electrons. The van der Waals surface area contributed by atoms with Crippen molar-refractivity contribution in [1.82, 2.24) is 0 Å². The second-order valence-corrected chi connectivity index (χ2v) is 0.283. The van der Waals surface area contributed by atoms with Gasteiger partial charge in [-0.15, -0.1) is 0 Å². The van der Waals surface area contributed by atoms with E-state index in [0.29, 0.717) is 0 Å². The summed E-state index contributed by atoms with van der Waals surface area (Å²) in [5, 5.41) is 13.9. The van der Waals surface area contributed by atoms with Crippen LogP contribution < -0.4 is 0 Å². The van der Waals surface area contributed by atoms with Crippen LogP contribution in [0.15, 0.2) is 0 Å². The molecular weight excluding hydrogens is 158 g/mol. The number of hydrogen-bond acceptors (Lipinski definition) is 1. The summed E-state index contributed by atoms with van der Waals surface area (Å²) in [5.41, 5.74) is 0. The van der Waals surface area contributed by atoms with E-state index < -0.39 is 6.16 Å². The van der Waals surface area contributed by atoms with E-state index in [0.717, 1.165) is 0 Å². The third-order valence-electron chi connectivity index (χ3n) is 0. The van der Waals surface area contributed by atoms with Crippen molar-refractivity contribution >= 4 is 57.5 Å². The summed E-state index contributed by atoms with van der Waals surface area (Å²) in [5.74, 6) is 0. The Hall–Kier alpha value is 1.41. The first-order valence-corrected chi connectivity index (χ1v) is 0.651. The molecule has 3 nitrogen and oxygen atoms in total. The molecule has 0 aromatic rings. The van der Waals surface area contributed by atoms with Crippen LogP contribution in [-0.4, -0.2) is 67.8 Å². The van der Waals surface area contributed by atoms with Crippen LogP contribution in [0.25, 0.3) is 0 Å². The molecule has 0 atom stereocenters. The molecule has 0 aromatic carbocycles. The molecule has 35 valence electrons. The minimum atomic E-state index is -1.83. The third-order valence-corrected chi connectivity index (χ3v) is 0. The van der Waals surface area contributed by atoms with E-state index in [-0.39, 0.29) is 68.2 Å². The average Bonchev–Trinajstić information content (AvgIpc) is 0.811. The molecule has 0 amide bonds. The fraction of sp³-hybridized carbons (Fsp3) is 0. The second kappa shape index (κ2) is 9.65. The van der Waals surface area contributed by atoms with Gasteiger partial charge in [-0.05, 0) is 0 Å². The second-order valence-electron chi connectivity index (χ2n) is 0.283. The molecule has 2 N–H and O–H groups in total. The Bertz CT molecular complexity index is 33.8. The molecule has 0 aromatic heterocycles. The molecule has 0 heterocycles. The maximum atomic E-state index is 8.56. The first kappa shape index (κ1) is 15.7. The van der Waals surface area contributed by atoms with E-state index in [1.54, 1.807) is 0 Å². The van der Waals surface area contributed by atoms with Crippen LogP contribution in [0, 0.1) is 0 Å². The van der Waals surface area contributed by atoms with E-state index in [9.17, 15) is 0 Å². The third kappa shape index (κ3) is 52.8. The quantitative estimate of drug-likeness (QED) is 0.474. The van der Waals surface area contributed by atoms with Gasteiger partial charge in [-0.3, -0.25) is 0 Å². The van der Waals surface area contributed by atoms with Crippen molar-refractivity contribution in [1.29, 1.82) is 0 Å². The minimum absolute atomic E-state index is 0. The van der Waals surface area contributed by atoms with E-state index in [1.807, 2.05) is 0 Å². The van der Waals surface area contributed by atoms with Gasteiger partial charge < -0.3 is 10.2 Å². The number of carboxylic acid groups (broad SMARTS) is 2. The summed E-state index contributed by atoms with van der Waals surface area (Å²) in [6, 6.07) is 0. The zero-order chi connectivity index (χ0) is 3.58. The van der Waals surface area contributed by atoms with E-state index >= 15 is 0 Å². The topological polar surface area (TPSA) is 57.5 Å². The molecule has 0 saturated heterocycles. The van der Waals surface area contributed by atoms with Crippen molar-refractivity contribution in [2.45, 2.75) is 0 Å². The van der Waals surface area contributed by atoms with Gasteiger partial charge in [0, 0.05) is 16.8 Å². The van der Waals surface area contributed by atoms with E-state index in [1.165, 1.54) is 0 Å². The Kier molecular flexibility index (Phi) is 25.2. The van der Waals surface area contributed by atoms with Gasteiger partial charge in [-0.25, -0.2) is 4.79 Å². The molecule has 0 unspecified atom stereocenters. The Labute approximate surface area is 87.7 Å². The van der Waals surface area contributed by atoms with Gasteiger partial charge in [0.2, 0.25) is 0 Å². The van der Waals surface area contributed by atoms with Crippen molar-refractivity contribution in [3.8, 4) is 0 Å². The normalized spacial score (nSPS) is 4.00. The van der Waals surface area contributed by atoms with Gasteiger partial charge in [-0.2, -0.15) is 0 Å². The summed E-state index contributed by atoms with van der Waals surface area (Å²) in [6.45, 7) is 0. The summed E-state index contributed by atoms with van der Waals surface area (Å²) in [4.78, 5) is 8.56. The van der Waals surface area contributed by atoms with E-state index in [4.69, 9.17) is 15.0 Å². The molecular formula is CH3CoKO3. The molecule has 0 aliphatic heterocycles. The fourth-order valence-electron chi connectivity index (χ4n) is 0. The van der Waals surface area contributed by atoms with Crippen LogP contribution in [0.2, 0.25) is 0 Å². The summed E-state index contributed by atoms with van der Waals surface area (Å²) in [6.07, 6.45) is -1.83. The molecule has 0 aliphatic carbocycles. The Morgan fingerprint density at radius 3 is 1.33 bits per heavy atom. The summed E-state index contributed by atoms with van der Waals surface area (Å²) >= 11 is 0.